The van der Waals surface area contributed by atoms with E-state index in [4.69, 9.17) is 10.00 Å². The highest BCUT2D eigenvalue weighted by Gasteiger charge is 2.19. The van der Waals surface area contributed by atoms with E-state index in [0.29, 0.717) is 5.56 Å². The predicted molar refractivity (Wildman–Crippen MR) is 84.9 cm³/mol. The number of aryl methyl sites for hydroxylation is 2. The van der Waals surface area contributed by atoms with Crippen LogP contribution < -0.4 is 5.32 Å². The molecule has 3 rings (SSSR count). The Balaban J connectivity index is 1.73. The Bertz CT molecular complexity index is 811. The van der Waals surface area contributed by atoms with Crippen molar-refractivity contribution in [2.45, 2.75) is 19.3 Å². The van der Waals surface area contributed by atoms with Gasteiger partial charge in [0, 0.05) is 6.54 Å². The minimum atomic E-state index is -0.504. The van der Waals surface area contributed by atoms with E-state index in [1.54, 1.807) is 6.07 Å². The van der Waals surface area contributed by atoms with Gasteiger partial charge in [0.2, 0.25) is 0 Å². The summed E-state index contributed by atoms with van der Waals surface area (Å²) < 4.78 is 5.09. The average Bonchev–Trinajstić information content (AvgIpc) is 2.98. The summed E-state index contributed by atoms with van der Waals surface area (Å²) in [5, 5.41) is 12.9. The van der Waals surface area contributed by atoms with Crippen LogP contribution in [0.1, 0.15) is 27.9 Å². The molecule has 0 saturated carbocycles. The lowest BCUT2D eigenvalue weighted by molar-refractivity contribution is -0.124. The fraction of sp³-hybridized carbons (Fsp3) is 0.278. The topological polar surface area (TPSA) is 79.2 Å². The molecule has 1 aliphatic rings. The summed E-state index contributed by atoms with van der Waals surface area (Å²) in [6.45, 7) is -0.0823. The molecule has 0 spiro atoms. The number of rotatable bonds is 5. The van der Waals surface area contributed by atoms with Crippen LogP contribution in [0.5, 0.6) is 0 Å². The van der Waals surface area contributed by atoms with Crippen molar-refractivity contribution in [3.05, 3.63) is 47.0 Å². The molecule has 5 heteroatoms. The summed E-state index contributed by atoms with van der Waals surface area (Å²) in [7, 11) is 0. The molecular weight excluding hydrogens is 292 g/mol. The minimum absolute atomic E-state index is 0.231. The van der Waals surface area contributed by atoms with Gasteiger partial charge in [0.1, 0.15) is 0 Å². The van der Waals surface area contributed by atoms with Crippen LogP contribution >= 0.6 is 0 Å². The summed E-state index contributed by atoms with van der Waals surface area (Å²) in [6, 6.07) is 11.6. The van der Waals surface area contributed by atoms with Crippen LogP contribution in [-0.4, -0.2) is 25.0 Å². The molecule has 1 N–H and O–H groups in total. The monoisotopic (exact) mass is 308 g/mol. The molecule has 0 heterocycles. The Morgan fingerprint density at radius 2 is 1.96 bits per heavy atom. The number of hydrogen-bond donors (Lipinski definition) is 1. The second kappa shape index (κ2) is 6.49. The number of nitrogens with zero attached hydrogens (tertiary/aromatic N) is 1. The maximum Gasteiger partial charge on any atom is 0.339 e. The highest BCUT2D eigenvalue weighted by molar-refractivity contribution is 6.07. The minimum Gasteiger partial charge on any atom is -0.452 e. The number of hydrogen-bond acceptors (Lipinski definition) is 4. The molecule has 0 fully saturated rings. The third-order valence-corrected chi connectivity index (χ3v) is 3.99. The first-order chi connectivity index (χ1) is 11.2. The van der Waals surface area contributed by atoms with Crippen LogP contribution in [0.3, 0.4) is 0 Å². The van der Waals surface area contributed by atoms with Crippen LogP contribution in [0.15, 0.2) is 30.3 Å². The third kappa shape index (κ3) is 3.02. The number of benzene rings is 2. The zero-order valence-electron chi connectivity index (χ0n) is 12.6. The van der Waals surface area contributed by atoms with Gasteiger partial charge in [-0.25, -0.2) is 4.79 Å². The van der Waals surface area contributed by atoms with Gasteiger partial charge in [-0.05, 0) is 40.8 Å². The van der Waals surface area contributed by atoms with E-state index in [-0.39, 0.29) is 19.6 Å². The van der Waals surface area contributed by atoms with Crippen molar-refractivity contribution in [1.29, 1.82) is 5.26 Å². The van der Waals surface area contributed by atoms with Gasteiger partial charge in [0.15, 0.2) is 6.61 Å². The number of carbonyl (C=O) groups is 2. The molecule has 1 amide bonds. The van der Waals surface area contributed by atoms with Gasteiger partial charge in [0.25, 0.3) is 5.91 Å². The van der Waals surface area contributed by atoms with Gasteiger partial charge in [0.05, 0.1) is 18.1 Å². The predicted octanol–water partition coefficient (Wildman–Crippen LogP) is 2.13. The lowest BCUT2D eigenvalue weighted by atomic mass is 10.00. The Morgan fingerprint density at radius 3 is 2.74 bits per heavy atom. The molecule has 2 aromatic carbocycles. The quantitative estimate of drug-likeness (QED) is 0.678. The van der Waals surface area contributed by atoms with Crippen LogP contribution in [0.25, 0.3) is 10.8 Å². The molecule has 5 nitrogen and oxygen atoms in total. The number of nitrogens with one attached hydrogen (secondary N) is 1. The van der Waals surface area contributed by atoms with E-state index in [9.17, 15) is 9.59 Å². The molecule has 0 aliphatic heterocycles. The molecule has 0 saturated heterocycles. The Morgan fingerprint density at radius 1 is 1.17 bits per heavy atom. The van der Waals surface area contributed by atoms with Crippen LogP contribution in [0.2, 0.25) is 0 Å². The first-order valence-corrected chi connectivity index (χ1v) is 7.55. The maximum atomic E-state index is 12.3. The van der Waals surface area contributed by atoms with Crippen LogP contribution in [-0.2, 0) is 22.4 Å². The Kier molecular flexibility index (Phi) is 4.24. The summed E-state index contributed by atoms with van der Waals surface area (Å²) >= 11 is 0. The highest BCUT2D eigenvalue weighted by Crippen LogP contribution is 2.32. The number of ether oxygens (including phenoxy) is 1. The number of esters is 1. The van der Waals surface area contributed by atoms with Gasteiger partial charge in [-0.15, -0.1) is 0 Å². The van der Waals surface area contributed by atoms with Crippen molar-refractivity contribution in [2.75, 3.05) is 13.2 Å². The summed E-state index contributed by atoms with van der Waals surface area (Å²) in [6.07, 6.45) is 2.22. The van der Waals surface area contributed by atoms with Gasteiger partial charge in [-0.3, -0.25) is 4.79 Å². The van der Waals surface area contributed by atoms with Crippen molar-refractivity contribution in [3.8, 4) is 6.07 Å². The summed E-state index contributed by atoms with van der Waals surface area (Å²) in [4.78, 5) is 23.8. The molecule has 23 heavy (non-hydrogen) atoms. The molecule has 0 aromatic heterocycles. The number of nitriles is 1. The lowest BCUT2D eigenvalue weighted by Crippen LogP contribution is -2.29. The molecule has 0 unspecified atom stereocenters. The van der Waals surface area contributed by atoms with E-state index in [1.807, 2.05) is 24.3 Å². The molecule has 0 radical (unpaired) electrons. The van der Waals surface area contributed by atoms with Gasteiger partial charge in [-0.1, -0.05) is 24.3 Å². The van der Waals surface area contributed by atoms with E-state index >= 15 is 0 Å². The average molecular weight is 308 g/mol. The van der Waals surface area contributed by atoms with Gasteiger partial charge >= 0.3 is 5.97 Å². The van der Waals surface area contributed by atoms with Gasteiger partial charge in [-0.2, -0.15) is 5.26 Å². The Labute approximate surface area is 133 Å². The van der Waals surface area contributed by atoms with E-state index in [0.717, 1.165) is 23.6 Å². The van der Waals surface area contributed by atoms with Crippen LogP contribution in [0.4, 0.5) is 0 Å². The summed E-state index contributed by atoms with van der Waals surface area (Å²) in [5.74, 6) is -0.907. The van der Waals surface area contributed by atoms with E-state index in [1.165, 1.54) is 11.1 Å². The summed E-state index contributed by atoms with van der Waals surface area (Å²) in [5.41, 5.74) is 2.99. The standard InChI is InChI=1S/C18H16N2O3/c19-9-2-10-20-16(21)11-23-18(22)15-8-7-13-6-5-12-3-1-4-14(15)17(12)13/h1,3-4,7-8H,2,5-6,10-11H2,(H,20,21). The van der Waals surface area contributed by atoms with Crippen molar-refractivity contribution >= 4 is 22.6 Å². The lowest BCUT2D eigenvalue weighted by Gasteiger charge is -2.09. The van der Waals surface area contributed by atoms with Crippen molar-refractivity contribution in [2.24, 2.45) is 0 Å². The van der Waals surface area contributed by atoms with Crippen LogP contribution in [0, 0.1) is 11.3 Å². The molecule has 0 atom stereocenters. The van der Waals surface area contributed by atoms with Crippen molar-refractivity contribution in [1.82, 2.24) is 5.32 Å². The molecule has 0 bridgehead atoms. The second-order valence-electron chi connectivity index (χ2n) is 5.45. The van der Waals surface area contributed by atoms with Gasteiger partial charge < -0.3 is 10.1 Å². The third-order valence-electron chi connectivity index (χ3n) is 3.99. The van der Waals surface area contributed by atoms with E-state index < -0.39 is 11.9 Å². The number of carbonyl (C=O) groups excluding carboxylic acids is 2. The first-order valence-electron chi connectivity index (χ1n) is 7.55. The first kappa shape index (κ1) is 15.0. The highest BCUT2D eigenvalue weighted by atomic mass is 16.5. The SMILES string of the molecule is N#CCCNC(=O)COC(=O)c1ccc2c3c(cccc13)CC2. The zero-order valence-corrected chi connectivity index (χ0v) is 12.6. The van der Waals surface area contributed by atoms with Crippen molar-refractivity contribution < 1.29 is 14.3 Å². The largest absolute Gasteiger partial charge is 0.452 e. The molecule has 1 aliphatic carbocycles. The zero-order chi connectivity index (χ0) is 16.2. The van der Waals surface area contributed by atoms with Crippen molar-refractivity contribution in [3.63, 3.8) is 0 Å². The molecule has 116 valence electrons. The smallest absolute Gasteiger partial charge is 0.339 e. The Hall–Kier alpha value is -2.87. The molecular formula is C18H16N2O3. The second-order valence-corrected chi connectivity index (χ2v) is 5.45. The molecule has 2 aromatic rings. The van der Waals surface area contributed by atoms with E-state index in [2.05, 4.69) is 11.4 Å². The fourth-order valence-electron chi connectivity index (χ4n) is 2.94. The normalized spacial score (nSPS) is 12.0. The fourth-order valence-corrected chi connectivity index (χ4v) is 2.94. The maximum absolute atomic E-state index is 12.3. The number of amides is 1.